The van der Waals surface area contributed by atoms with E-state index < -0.39 is 99.5 Å². The second-order valence-electron chi connectivity index (χ2n) is 24.2. The van der Waals surface area contributed by atoms with Crippen molar-refractivity contribution in [3.8, 4) is 11.5 Å². The van der Waals surface area contributed by atoms with Gasteiger partial charge in [0.05, 0.1) is 13.2 Å². The molecule has 4 unspecified atom stereocenters. The minimum atomic E-state index is -1.36. The molecule has 2 fully saturated rings. The quantitative estimate of drug-likeness (QED) is 0.0344. The van der Waals surface area contributed by atoms with Crippen LogP contribution in [0.15, 0.2) is 60.7 Å². The number of carbonyl (C=O) groups is 7. The molecule has 4 aliphatic rings. The van der Waals surface area contributed by atoms with Crippen molar-refractivity contribution in [3.63, 3.8) is 0 Å². The number of thioether (sulfide) groups is 2. The Morgan fingerprint density at radius 2 is 0.989 bits per heavy atom. The summed E-state index contributed by atoms with van der Waals surface area (Å²) in [7, 11) is 0. The van der Waals surface area contributed by atoms with Gasteiger partial charge in [0.1, 0.15) is 28.7 Å². The third kappa shape index (κ3) is 19.8. The molecule has 504 valence electrons. The molecule has 0 aromatic heterocycles. The predicted octanol–water partition coefficient (Wildman–Crippen LogP) is 9.62. The van der Waals surface area contributed by atoms with Crippen LogP contribution < -0.4 is 20.5 Å². The highest BCUT2D eigenvalue weighted by atomic mass is 35.5. The van der Waals surface area contributed by atoms with E-state index in [-0.39, 0.29) is 105 Å². The zero-order chi connectivity index (χ0) is 66.6. The average molecular weight is 1350 g/mol. The van der Waals surface area contributed by atoms with E-state index in [4.69, 9.17) is 29.4 Å². The lowest BCUT2D eigenvalue weighted by atomic mass is 9.99. The van der Waals surface area contributed by atoms with Crippen molar-refractivity contribution in [2.24, 2.45) is 17.6 Å². The van der Waals surface area contributed by atoms with Crippen LogP contribution in [0, 0.1) is 46.7 Å². The average Bonchev–Trinajstić information content (AvgIpc) is 1.33. The summed E-state index contributed by atoms with van der Waals surface area (Å²) in [6.07, 6.45) is -2.21. The summed E-state index contributed by atoms with van der Waals surface area (Å²) >= 11 is 2.69. The van der Waals surface area contributed by atoms with E-state index in [1.54, 1.807) is 50.5 Å². The topological polar surface area (TPSA) is 217 Å². The van der Waals surface area contributed by atoms with Crippen molar-refractivity contribution in [2.75, 3.05) is 50.9 Å². The summed E-state index contributed by atoms with van der Waals surface area (Å²) in [6, 6.07) is 11.5. The highest BCUT2D eigenvalue weighted by Crippen LogP contribution is 2.34. The number of fused-ring (bicyclic) bond motifs is 2. The summed E-state index contributed by atoms with van der Waals surface area (Å²) < 4.78 is 111. The smallest absolute Gasteiger partial charge is 0.407 e. The number of amides is 5. The van der Waals surface area contributed by atoms with Crippen LogP contribution in [0.3, 0.4) is 0 Å². The summed E-state index contributed by atoms with van der Waals surface area (Å²) in [5.74, 6) is -7.41. The molecule has 3 N–H and O–H groups in total. The summed E-state index contributed by atoms with van der Waals surface area (Å²) in [4.78, 5) is 98.0. The lowest BCUT2D eigenvalue weighted by molar-refractivity contribution is -0.154. The first-order valence-corrected chi connectivity index (χ1v) is 32.5. The molecule has 4 aliphatic heterocycles. The molecule has 92 heavy (non-hydrogen) atoms. The lowest BCUT2D eigenvalue weighted by Gasteiger charge is -2.34. The minimum Gasteiger partial charge on any atom is -0.478 e. The number of esters is 2. The minimum absolute atomic E-state index is 0. The van der Waals surface area contributed by atoms with E-state index >= 15 is 0 Å². The number of carbonyl (C=O) groups excluding carboxylic acids is 7. The van der Waals surface area contributed by atoms with Gasteiger partial charge in [0.2, 0.25) is 11.8 Å². The normalized spacial score (nSPS) is 17.5. The molecule has 6 atom stereocenters. The third-order valence-corrected chi connectivity index (χ3v) is 17.7. The Labute approximate surface area is 547 Å². The first-order valence-electron chi connectivity index (χ1n) is 30.4. The van der Waals surface area contributed by atoms with Crippen LogP contribution in [0.4, 0.5) is 31.1 Å². The molecular formula is C65H81ClF6N6O12S2. The molecular weight excluding hydrogens is 1270 g/mol. The number of alkyl carbamates (subject to hydrolysis) is 1. The van der Waals surface area contributed by atoms with Crippen molar-refractivity contribution < 1.29 is 83.6 Å². The van der Waals surface area contributed by atoms with E-state index in [1.807, 2.05) is 58.0 Å². The van der Waals surface area contributed by atoms with Crippen molar-refractivity contribution in [3.05, 3.63) is 129 Å². The Morgan fingerprint density at radius 3 is 1.40 bits per heavy atom. The molecule has 0 bridgehead atoms. The first kappa shape index (κ1) is 74.1. The number of ether oxygens (including phenoxy) is 5. The number of nitrogens with one attached hydrogen (secondary N) is 1. The molecule has 4 heterocycles. The van der Waals surface area contributed by atoms with Crippen LogP contribution in [-0.4, -0.2) is 153 Å². The van der Waals surface area contributed by atoms with Gasteiger partial charge in [-0.2, -0.15) is 0 Å². The maximum atomic E-state index is 14.6. The van der Waals surface area contributed by atoms with Crippen LogP contribution in [0.5, 0.6) is 11.5 Å². The van der Waals surface area contributed by atoms with Crippen molar-refractivity contribution in [2.45, 2.75) is 155 Å². The van der Waals surface area contributed by atoms with E-state index in [9.17, 15) is 59.9 Å². The largest absolute Gasteiger partial charge is 0.478 e. The molecule has 0 radical (unpaired) electrons. The van der Waals surface area contributed by atoms with E-state index in [1.165, 1.54) is 33.3 Å². The Morgan fingerprint density at radius 1 is 0.576 bits per heavy atom. The van der Waals surface area contributed by atoms with Gasteiger partial charge < -0.3 is 54.3 Å². The maximum absolute atomic E-state index is 14.6. The fourth-order valence-corrected chi connectivity index (χ4v) is 13.2. The van der Waals surface area contributed by atoms with Gasteiger partial charge in [-0.05, 0) is 130 Å². The van der Waals surface area contributed by atoms with Crippen molar-refractivity contribution >= 4 is 77.6 Å². The van der Waals surface area contributed by atoms with Crippen LogP contribution in [0.1, 0.15) is 109 Å². The maximum Gasteiger partial charge on any atom is 0.407 e. The molecule has 4 aromatic carbocycles. The van der Waals surface area contributed by atoms with E-state index in [0.717, 1.165) is 28.3 Å². The van der Waals surface area contributed by atoms with Crippen LogP contribution in [0.2, 0.25) is 0 Å². The fourth-order valence-electron chi connectivity index (χ4n) is 10.8. The Bertz CT molecular complexity index is 3310. The van der Waals surface area contributed by atoms with Gasteiger partial charge in [-0.3, -0.25) is 19.2 Å². The van der Waals surface area contributed by atoms with E-state index in [0.29, 0.717) is 80.2 Å². The highest BCUT2D eigenvalue weighted by Gasteiger charge is 2.41. The summed E-state index contributed by atoms with van der Waals surface area (Å²) in [5.41, 5.74) is 8.74. The number of benzene rings is 4. The molecule has 0 aliphatic carbocycles. The number of nitrogens with two attached hydrogens (primary N) is 1. The predicted molar refractivity (Wildman–Crippen MR) is 336 cm³/mol. The molecule has 5 amide bonds. The Balaban J connectivity index is 0.000000292. The monoisotopic (exact) mass is 1350 g/mol. The number of halogens is 7. The lowest BCUT2D eigenvalue weighted by Crippen LogP contribution is -2.50. The van der Waals surface area contributed by atoms with Gasteiger partial charge in [0.25, 0.3) is 11.8 Å². The second-order valence-corrected chi connectivity index (χ2v) is 26.6. The summed E-state index contributed by atoms with van der Waals surface area (Å²) in [6.45, 7) is 18.5. The molecule has 27 heteroatoms. The molecule has 4 aromatic rings. The van der Waals surface area contributed by atoms with Gasteiger partial charge in [0.15, 0.2) is 46.2 Å². The zero-order valence-electron chi connectivity index (χ0n) is 53.0. The van der Waals surface area contributed by atoms with Crippen LogP contribution in [0.25, 0.3) is 0 Å². The number of hydrogen-bond donors (Lipinski definition) is 2. The molecule has 18 nitrogen and oxygen atoms in total. The number of rotatable bonds is 21. The molecule has 2 saturated heterocycles. The third-order valence-electron chi connectivity index (χ3n) is 15.3. The van der Waals surface area contributed by atoms with Gasteiger partial charge in [-0.25, -0.2) is 40.7 Å². The SMILES string of the molecule is CCOC(=O)C(Oc1ccc2c(c1)CN(C(=O)C1SCCN1C(=O)C[C@@H](Cc1cc(F)c(F)cc1F)NC(=O)OC(C)(C)C)CC2)C(C)C.CCOC(=O)C(Oc1ccc2c(c1)CN(C(=O)C1SCCN1C(=O)C[C@H](N)Cc1cc(F)c(F)cc1F)CC2)C(C)C.Cl. The Hall–Kier alpha value is -6.90. The highest BCUT2D eigenvalue weighted by molar-refractivity contribution is 8.01. The van der Waals surface area contributed by atoms with Crippen LogP contribution >= 0.6 is 35.9 Å². The number of hydrogen-bond acceptors (Lipinski definition) is 15. The first-order chi connectivity index (χ1) is 43.0. The van der Waals surface area contributed by atoms with Gasteiger partial charge in [0, 0.05) is 99.7 Å². The van der Waals surface area contributed by atoms with Crippen molar-refractivity contribution in [1.82, 2.24) is 24.9 Å². The second kappa shape index (κ2) is 33.3. The van der Waals surface area contributed by atoms with Crippen LogP contribution in [-0.2, 0) is 81.8 Å². The summed E-state index contributed by atoms with van der Waals surface area (Å²) in [5, 5.41) is 1.01. The zero-order valence-corrected chi connectivity index (χ0v) is 55.4. The van der Waals surface area contributed by atoms with Gasteiger partial charge >= 0.3 is 18.0 Å². The van der Waals surface area contributed by atoms with Gasteiger partial charge in [-0.1, -0.05) is 39.8 Å². The number of nitrogens with zero attached hydrogens (tertiary/aromatic N) is 4. The Kier molecular flexibility index (Phi) is 26.8. The van der Waals surface area contributed by atoms with E-state index in [2.05, 4.69) is 5.32 Å². The standard InChI is InChI=1S/C35H44F3N3O7S.C30H36F3N3O5S.ClH/c1-7-46-33(44)30(20(2)3)47-25-9-8-21-10-11-40(19-23(21)15-25)31(43)32-41(12-13-49-32)29(42)17-24(39-34(45)48-35(4,5)6)14-22-16-27(37)28(38)18-26(22)36;1-4-40-30(39)27(17(2)3)41-22-6-5-18-7-8-35(16-20(18)12-22)28(38)29-36(9-10-42-29)26(37)14-21(34)11-19-13-24(32)25(33)15-23(19)31;/h8-9,15-16,18,20,24,30,32H,7,10-14,17,19H2,1-6H3,(H,39,45);5-6,12-13,15,17,21,27,29H,4,7-11,14,16,34H2,1-3H3;1H/t24-,30?,32?;21-,27?,29?;/m11./s1. The molecule has 0 spiro atoms. The fraction of sp³-hybridized carbons (Fsp3) is 0.523. The van der Waals surface area contributed by atoms with Gasteiger partial charge in [-0.15, -0.1) is 35.9 Å². The molecule has 0 saturated carbocycles. The molecule has 8 rings (SSSR count). The van der Waals surface area contributed by atoms with Crippen molar-refractivity contribution in [1.29, 1.82) is 0 Å².